The van der Waals surface area contributed by atoms with E-state index >= 15 is 0 Å². The van der Waals surface area contributed by atoms with Crippen LogP contribution in [0.5, 0.6) is 0 Å². The number of nitrogens with zero attached hydrogens (tertiary/aromatic N) is 5. The molecule has 1 amide bonds. The van der Waals surface area contributed by atoms with Crippen molar-refractivity contribution in [2.24, 2.45) is 0 Å². The van der Waals surface area contributed by atoms with Crippen molar-refractivity contribution >= 4 is 11.6 Å². The van der Waals surface area contributed by atoms with Gasteiger partial charge in [0.2, 0.25) is 0 Å². The van der Waals surface area contributed by atoms with E-state index in [0.717, 1.165) is 38.9 Å². The topological polar surface area (TPSA) is 66.3 Å². The molecule has 0 aliphatic carbocycles. The molecule has 1 unspecified atom stereocenters. The van der Waals surface area contributed by atoms with Gasteiger partial charge in [-0.25, -0.2) is 4.68 Å². The molecule has 7 heteroatoms. The van der Waals surface area contributed by atoms with Gasteiger partial charge in [0.1, 0.15) is 0 Å². The Hall–Kier alpha value is -2.41. The molecular formula is C20H28N6O. The molecule has 1 fully saturated rings. The van der Waals surface area contributed by atoms with Gasteiger partial charge in [-0.2, -0.15) is 0 Å². The molecule has 3 heterocycles. The normalized spacial score (nSPS) is 21.0. The lowest BCUT2D eigenvalue weighted by molar-refractivity contribution is 0.0661. The van der Waals surface area contributed by atoms with Crippen LogP contribution in [0.1, 0.15) is 48.3 Å². The third kappa shape index (κ3) is 3.56. The number of carbonyl (C=O) groups is 1. The van der Waals surface area contributed by atoms with E-state index in [1.54, 1.807) is 0 Å². The Bertz CT molecular complexity index is 797. The second-order valence-electron chi connectivity index (χ2n) is 7.57. The van der Waals surface area contributed by atoms with Crippen LogP contribution in [0.15, 0.2) is 30.5 Å². The first kappa shape index (κ1) is 18.0. The van der Waals surface area contributed by atoms with Crippen LogP contribution in [0.2, 0.25) is 0 Å². The summed E-state index contributed by atoms with van der Waals surface area (Å²) >= 11 is 0. The average molecular weight is 368 g/mol. The van der Waals surface area contributed by atoms with Gasteiger partial charge in [0.15, 0.2) is 5.69 Å². The number of aromatic nitrogens is 3. The SMILES string of the molecule is CCC1CN(C)c2ccccc2CN1C(=O)c1cn(C2CCNCC2)nn1. The van der Waals surface area contributed by atoms with Gasteiger partial charge >= 0.3 is 0 Å². The summed E-state index contributed by atoms with van der Waals surface area (Å²) in [5.41, 5.74) is 2.83. The number of rotatable bonds is 3. The molecule has 2 aliphatic rings. The van der Waals surface area contributed by atoms with E-state index in [2.05, 4.69) is 52.7 Å². The zero-order valence-electron chi connectivity index (χ0n) is 16.1. The Morgan fingerprint density at radius 1 is 1.26 bits per heavy atom. The first-order valence-electron chi connectivity index (χ1n) is 9.90. The van der Waals surface area contributed by atoms with Crippen LogP contribution < -0.4 is 10.2 Å². The monoisotopic (exact) mass is 368 g/mol. The minimum atomic E-state index is -0.0212. The highest BCUT2D eigenvalue weighted by atomic mass is 16.2. The molecule has 2 aromatic rings. The van der Waals surface area contributed by atoms with Crippen LogP contribution in [0, 0.1) is 0 Å². The molecule has 27 heavy (non-hydrogen) atoms. The largest absolute Gasteiger partial charge is 0.372 e. The molecule has 7 nitrogen and oxygen atoms in total. The Morgan fingerprint density at radius 3 is 2.81 bits per heavy atom. The van der Waals surface area contributed by atoms with Crippen molar-refractivity contribution in [3.63, 3.8) is 0 Å². The van der Waals surface area contributed by atoms with E-state index in [9.17, 15) is 4.79 Å². The van der Waals surface area contributed by atoms with Crippen molar-refractivity contribution in [2.45, 2.75) is 44.8 Å². The van der Waals surface area contributed by atoms with Gasteiger partial charge in [0, 0.05) is 31.9 Å². The van der Waals surface area contributed by atoms with Crippen molar-refractivity contribution in [2.75, 3.05) is 31.6 Å². The predicted octanol–water partition coefficient (Wildman–Crippen LogP) is 2.07. The van der Waals surface area contributed by atoms with Gasteiger partial charge in [-0.1, -0.05) is 30.3 Å². The summed E-state index contributed by atoms with van der Waals surface area (Å²) in [6.07, 6.45) is 4.80. The molecule has 0 bridgehead atoms. The third-order valence-corrected chi connectivity index (χ3v) is 5.81. The number of amides is 1. The lowest BCUT2D eigenvalue weighted by Crippen LogP contribution is -2.43. The number of nitrogens with one attached hydrogen (secondary N) is 1. The average Bonchev–Trinajstić information content (AvgIpc) is 3.16. The van der Waals surface area contributed by atoms with Crippen molar-refractivity contribution in [1.29, 1.82) is 0 Å². The first-order valence-corrected chi connectivity index (χ1v) is 9.90. The summed E-state index contributed by atoms with van der Waals surface area (Å²) in [7, 11) is 2.10. The maximum Gasteiger partial charge on any atom is 0.276 e. The van der Waals surface area contributed by atoms with Crippen LogP contribution in [-0.2, 0) is 6.54 Å². The Morgan fingerprint density at radius 2 is 2.04 bits per heavy atom. The maximum atomic E-state index is 13.3. The number of carbonyl (C=O) groups excluding carboxylic acids is 1. The number of anilines is 1. The summed E-state index contributed by atoms with van der Waals surface area (Å²) in [6.45, 7) is 5.54. The molecular weight excluding hydrogens is 340 g/mol. The molecule has 1 aromatic heterocycles. The summed E-state index contributed by atoms with van der Waals surface area (Å²) in [4.78, 5) is 17.5. The van der Waals surface area contributed by atoms with Gasteiger partial charge in [-0.3, -0.25) is 4.79 Å². The highest BCUT2D eigenvalue weighted by Crippen LogP contribution is 2.28. The van der Waals surface area contributed by atoms with Gasteiger partial charge in [-0.15, -0.1) is 5.10 Å². The predicted molar refractivity (Wildman–Crippen MR) is 105 cm³/mol. The molecule has 4 rings (SSSR count). The Balaban J connectivity index is 1.59. The zero-order chi connectivity index (χ0) is 18.8. The fourth-order valence-corrected chi connectivity index (χ4v) is 4.20. The molecule has 0 saturated carbocycles. The Labute approximate surface area is 160 Å². The minimum Gasteiger partial charge on any atom is -0.372 e. The van der Waals surface area contributed by atoms with Crippen LogP contribution in [0.3, 0.4) is 0 Å². The zero-order valence-corrected chi connectivity index (χ0v) is 16.1. The van der Waals surface area contributed by atoms with Gasteiger partial charge < -0.3 is 15.1 Å². The van der Waals surface area contributed by atoms with Crippen molar-refractivity contribution in [3.05, 3.63) is 41.7 Å². The number of likely N-dealkylation sites (N-methyl/N-ethyl adjacent to an activating group) is 1. The third-order valence-electron chi connectivity index (χ3n) is 5.81. The lowest BCUT2D eigenvalue weighted by Gasteiger charge is -2.30. The maximum absolute atomic E-state index is 13.3. The van der Waals surface area contributed by atoms with Crippen LogP contribution in [0.4, 0.5) is 5.69 Å². The number of hydrogen-bond donors (Lipinski definition) is 1. The Kier molecular flexibility index (Phi) is 5.11. The van der Waals surface area contributed by atoms with E-state index in [1.807, 2.05) is 21.8 Å². The van der Waals surface area contributed by atoms with Gasteiger partial charge in [0.25, 0.3) is 5.91 Å². The van der Waals surface area contributed by atoms with E-state index in [-0.39, 0.29) is 11.9 Å². The molecule has 1 saturated heterocycles. The quantitative estimate of drug-likeness (QED) is 0.898. The van der Waals surface area contributed by atoms with Crippen LogP contribution in [-0.4, -0.2) is 58.5 Å². The molecule has 2 aliphatic heterocycles. The van der Waals surface area contributed by atoms with Crippen molar-refractivity contribution in [1.82, 2.24) is 25.2 Å². The summed E-state index contributed by atoms with van der Waals surface area (Å²) in [5.74, 6) is -0.0212. The van der Waals surface area contributed by atoms with Crippen LogP contribution >= 0.6 is 0 Å². The van der Waals surface area contributed by atoms with E-state index < -0.39 is 0 Å². The van der Waals surface area contributed by atoms with Crippen molar-refractivity contribution < 1.29 is 4.79 Å². The van der Waals surface area contributed by atoms with E-state index in [4.69, 9.17) is 0 Å². The lowest BCUT2D eigenvalue weighted by atomic mass is 10.1. The highest BCUT2D eigenvalue weighted by Gasteiger charge is 2.31. The molecule has 0 spiro atoms. The fourth-order valence-electron chi connectivity index (χ4n) is 4.20. The number of piperidine rings is 1. The van der Waals surface area contributed by atoms with Crippen LogP contribution in [0.25, 0.3) is 0 Å². The van der Waals surface area contributed by atoms with Gasteiger partial charge in [-0.05, 0) is 44.0 Å². The fraction of sp³-hybridized carbons (Fsp3) is 0.550. The van der Waals surface area contributed by atoms with Gasteiger partial charge in [0.05, 0.1) is 12.2 Å². The smallest absolute Gasteiger partial charge is 0.276 e. The molecule has 144 valence electrons. The first-order chi connectivity index (χ1) is 13.2. The highest BCUT2D eigenvalue weighted by molar-refractivity contribution is 5.92. The summed E-state index contributed by atoms with van der Waals surface area (Å²) in [6, 6.07) is 8.81. The second-order valence-corrected chi connectivity index (χ2v) is 7.57. The number of hydrogen-bond acceptors (Lipinski definition) is 5. The molecule has 1 N–H and O–H groups in total. The van der Waals surface area contributed by atoms with E-state index in [0.29, 0.717) is 18.3 Å². The van der Waals surface area contributed by atoms with Crippen molar-refractivity contribution in [3.8, 4) is 0 Å². The minimum absolute atomic E-state index is 0.0212. The second kappa shape index (κ2) is 7.68. The molecule has 0 radical (unpaired) electrons. The molecule has 1 aromatic carbocycles. The molecule has 1 atom stereocenters. The van der Waals surface area contributed by atoms with E-state index in [1.165, 1.54) is 11.3 Å². The summed E-state index contributed by atoms with van der Waals surface area (Å²) in [5, 5.41) is 11.9. The number of benzene rings is 1. The standard InChI is InChI=1S/C20H28N6O/c1-3-16-13-24(2)19-7-5-4-6-15(19)12-25(16)20(27)18-14-26(23-22-18)17-8-10-21-11-9-17/h4-7,14,16-17,21H,3,8-13H2,1-2H3. The number of fused-ring (bicyclic) bond motifs is 1. The number of para-hydroxylation sites is 1. The summed E-state index contributed by atoms with van der Waals surface area (Å²) < 4.78 is 1.88.